The van der Waals surface area contributed by atoms with Crippen molar-refractivity contribution in [2.75, 3.05) is 57.6 Å². The van der Waals surface area contributed by atoms with Gasteiger partial charge < -0.3 is 10.1 Å². The lowest BCUT2D eigenvalue weighted by Crippen LogP contribution is -2.58. The highest BCUT2D eigenvalue weighted by Gasteiger charge is 2.36. The van der Waals surface area contributed by atoms with Crippen LogP contribution in [0.15, 0.2) is 53.7 Å². The Balaban J connectivity index is 1.32. The van der Waals surface area contributed by atoms with Gasteiger partial charge in [0.05, 0.1) is 43.3 Å². The van der Waals surface area contributed by atoms with Gasteiger partial charge >= 0.3 is 0 Å². The van der Waals surface area contributed by atoms with Crippen molar-refractivity contribution in [2.45, 2.75) is 6.17 Å². The zero-order valence-electron chi connectivity index (χ0n) is 17.4. The number of rotatable bonds is 4. The number of para-hydroxylation sites is 2. The van der Waals surface area contributed by atoms with E-state index in [-0.39, 0.29) is 6.17 Å². The van der Waals surface area contributed by atoms with Crippen molar-refractivity contribution in [3.63, 3.8) is 0 Å². The number of fused-ring (bicyclic) bond motifs is 5. The van der Waals surface area contributed by atoms with Gasteiger partial charge in [0.25, 0.3) is 0 Å². The minimum absolute atomic E-state index is 0.140. The highest BCUT2D eigenvalue weighted by atomic mass is 16.5. The van der Waals surface area contributed by atoms with Crippen LogP contribution in [-0.4, -0.2) is 83.0 Å². The van der Waals surface area contributed by atoms with Crippen molar-refractivity contribution in [1.29, 1.82) is 0 Å². The van der Waals surface area contributed by atoms with Gasteiger partial charge in [0.15, 0.2) is 6.17 Å². The van der Waals surface area contributed by atoms with Gasteiger partial charge in [0.1, 0.15) is 0 Å². The third kappa shape index (κ3) is 3.44. The van der Waals surface area contributed by atoms with E-state index in [1.165, 1.54) is 0 Å². The van der Waals surface area contributed by atoms with E-state index in [0.29, 0.717) is 6.67 Å². The number of pyridine rings is 1. The van der Waals surface area contributed by atoms with Gasteiger partial charge in [-0.15, -0.1) is 0 Å². The van der Waals surface area contributed by atoms with E-state index in [0.717, 1.165) is 74.7 Å². The summed E-state index contributed by atoms with van der Waals surface area (Å²) in [6.07, 6.45) is 1.69. The van der Waals surface area contributed by atoms with E-state index in [1.54, 1.807) is 0 Å². The molecule has 31 heavy (non-hydrogen) atoms. The number of benzene rings is 1. The van der Waals surface area contributed by atoms with Gasteiger partial charge in [-0.1, -0.05) is 18.2 Å². The number of imidazole rings is 1. The molecule has 0 spiro atoms. The van der Waals surface area contributed by atoms with Crippen LogP contribution >= 0.6 is 0 Å². The summed E-state index contributed by atoms with van der Waals surface area (Å²) in [5.74, 6) is 1.77. The molecule has 0 bridgehead atoms. The van der Waals surface area contributed by atoms with Crippen LogP contribution in [0.4, 0.5) is 5.95 Å². The maximum absolute atomic E-state index is 5.47. The number of aliphatic imine (C=N–C) groups is 1. The Morgan fingerprint density at radius 1 is 1.00 bits per heavy atom. The third-order valence-corrected chi connectivity index (χ3v) is 6.16. The minimum Gasteiger partial charge on any atom is -0.379 e. The molecule has 0 saturated carbocycles. The minimum atomic E-state index is -0.140. The molecule has 1 atom stereocenters. The number of hydrogen-bond acceptors (Lipinski definition) is 8. The first kappa shape index (κ1) is 18.7. The summed E-state index contributed by atoms with van der Waals surface area (Å²) in [5.41, 5.74) is 3.01. The summed E-state index contributed by atoms with van der Waals surface area (Å²) in [7, 11) is 0. The number of nitrogens with zero attached hydrogens (tertiary/aromatic N) is 7. The maximum Gasteiger partial charge on any atom is 0.216 e. The molecule has 160 valence electrons. The standard InChI is InChI=1S/C22H26N8O/c1-2-7-19-17(5-1)25-22-29-16-28(10-9-27-11-13-31-14-12-27)15-24-21(29)26-20(30(19)22)18-6-3-4-8-23-18/h1-8,20H,9-16H2,(H,24,26)/t20-/m0/s1. The molecule has 1 N–H and O–H groups in total. The third-order valence-electron chi connectivity index (χ3n) is 6.16. The number of guanidine groups is 1. The molecule has 3 aliphatic heterocycles. The molecule has 9 heteroatoms. The van der Waals surface area contributed by atoms with Crippen LogP contribution in [0.3, 0.4) is 0 Å². The highest BCUT2D eigenvalue weighted by molar-refractivity contribution is 5.98. The largest absolute Gasteiger partial charge is 0.379 e. The molecular weight excluding hydrogens is 392 g/mol. The molecule has 1 fully saturated rings. The molecule has 1 saturated heterocycles. The number of aromatic nitrogens is 3. The molecule has 0 unspecified atom stereocenters. The summed E-state index contributed by atoms with van der Waals surface area (Å²) in [4.78, 5) is 21.5. The van der Waals surface area contributed by atoms with Crippen LogP contribution in [0.25, 0.3) is 11.0 Å². The van der Waals surface area contributed by atoms with Crippen molar-refractivity contribution >= 4 is 22.9 Å². The van der Waals surface area contributed by atoms with Crippen LogP contribution < -0.4 is 10.2 Å². The molecular formula is C22H26N8O. The summed E-state index contributed by atoms with van der Waals surface area (Å²) in [6, 6.07) is 14.3. The lowest BCUT2D eigenvalue weighted by atomic mass is 10.2. The molecule has 5 heterocycles. The summed E-state index contributed by atoms with van der Waals surface area (Å²) < 4.78 is 7.71. The van der Waals surface area contributed by atoms with Crippen LogP contribution in [0.1, 0.15) is 11.9 Å². The second kappa shape index (κ2) is 7.92. The average molecular weight is 419 g/mol. The average Bonchev–Trinajstić information content (AvgIpc) is 3.23. The molecule has 1 aromatic carbocycles. The molecule has 3 aliphatic rings. The Labute approximate surface area is 180 Å². The fraction of sp³-hybridized carbons (Fsp3) is 0.409. The monoisotopic (exact) mass is 418 g/mol. The normalized spacial score (nSPS) is 22.0. The summed E-state index contributed by atoms with van der Waals surface area (Å²) in [6.45, 7) is 7.12. The number of nitrogens with one attached hydrogen (secondary N) is 1. The predicted molar refractivity (Wildman–Crippen MR) is 119 cm³/mol. The lowest BCUT2D eigenvalue weighted by Gasteiger charge is -2.41. The van der Waals surface area contributed by atoms with E-state index in [9.17, 15) is 0 Å². The van der Waals surface area contributed by atoms with Gasteiger partial charge in [-0.2, -0.15) is 0 Å². The molecule has 3 aromatic rings. The van der Waals surface area contributed by atoms with Gasteiger partial charge in [0.2, 0.25) is 11.9 Å². The first-order chi connectivity index (χ1) is 15.4. The summed E-state index contributed by atoms with van der Waals surface area (Å²) >= 11 is 0. The Kier molecular flexibility index (Phi) is 4.78. The smallest absolute Gasteiger partial charge is 0.216 e. The lowest BCUT2D eigenvalue weighted by molar-refractivity contribution is 0.0334. The molecule has 2 aromatic heterocycles. The molecule has 0 aliphatic carbocycles. The first-order valence-corrected chi connectivity index (χ1v) is 10.9. The Bertz CT molecular complexity index is 1090. The van der Waals surface area contributed by atoms with E-state index >= 15 is 0 Å². The van der Waals surface area contributed by atoms with Crippen molar-refractivity contribution in [3.8, 4) is 0 Å². The van der Waals surface area contributed by atoms with Crippen LogP contribution in [-0.2, 0) is 4.74 Å². The van der Waals surface area contributed by atoms with E-state index in [2.05, 4.69) is 47.8 Å². The van der Waals surface area contributed by atoms with Gasteiger partial charge in [0, 0.05) is 32.4 Å². The fourth-order valence-electron chi connectivity index (χ4n) is 4.50. The zero-order chi connectivity index (χ0) is 20.6. The Morgan fingerprint density at radius 2 is 1.84 bits per heavy atom. The van der Waals surface area contributed by atoms with Gasteiger partial charge in [-0.25, -0.2) is 9.98 Å². The van der Waals surface area contributed by atoms with Crippen LogP contribution in [0, 0.1) is 0 Å². The number of hydrogen-bond donors (Lipinski definition) is 1. The van der Waals surface area contributed by atoms with E-state index in [4.69, 9.17) is 14.7 Å². The van der Waals surface area contributed by atoms with E-state index < -0.39 is 0 Å². The van der Waals surface area contributed by atoms with Gasteiger partial charge in [-0.3, -0.25) is 24.3 Å². The van der Waals surface area contributed by atoms with Crippen LogP contribution in [0.5, 0.6) is 0 Å². The van der Waals surface area contributed by atoms with Crippen molar-refractivity contribution in [2.24, 2.45) is 4.99 Å². The topological polar surface area (TPSA) is 74.1 Å². The first-order valence-electron chi connectivity index (χ1n) is 10.9. The number of anilines is 1. The van der Waals surface area contributed by atoms with Crippen molar-refractivity contribution in [1.82, 2.24) is 29.7 Å². The quantitative estimate of drug-likeness (QED) is 0.685. The second-order valence-corrected chi connectivity index (χ2v) is 8.11. The Morgan fingerprint density at radius 3 is 2.71 bits per heavy atom. The van der Waals surface area contributed by atoms with Crippen LogP contribution in [0.2, 0.25) is 0 Å². The SMILES string of the molecule is c1ccc([C@H]2NC3=NCN(CCN4CCOCC4)CN3c3nc4ccccc4n32)nc1. The van der Waals surface area contributed by atoms with E-state index in [1.807, 2.05) is 30.5 Å². The molecule has 0 radical (unpaired) electrons. The number of morpholine rings is 1. The fourth-order valence-corrected chi connectivity index (χ4v) is 4.50. The van der Waals surface area contributed by atoms with Crippen molar-refractivity contribution < 1.29 is 4.74 Å². The van der Waals surface area contributed by atoms with Crippen molar-refractivity contribution in [3.05, 3.63) is 54.4 Å². The summed E-state index contributed by atoms with van der Waals surface area (Å²) in [5, 5.41) is 3.61. The molecule has 6 rings (SSSR count). The molecule has 0 amide bonds. The predicted octanol–water partition coefficient (Wildman–Crippen LogP) is 1.31. The zero-order valence-corrected chi connectivity index (χ0v) is 17.4. The molecule has 9 nitrogen and oxygen atoms in total. The maximum atomic E-state index is 5.47. The van der Waals surface area contributed by atoms with Gasteiger partial charge in [-0.05, 0) is 24.3 Å². The highest BCUT2D eigenvalue weighted by Crippen LogP contribution is 2.33. The Hall–Kier alpha value is -3.01. The second-order valence-electron chi connectivity index (χ2n) is 8.11. The number of ether oxygens (including phenoxy) is 1.